The number of benzene rings is 1. The van der Waals surface area contributed by atoms with Crippen LogP contribution in [0, 0.1) is 5.92 Å². The van der Waals surface area contributed by atoms with Crippen LogP contribution >= 0.6 is 15.9 Å². The molecular weight excluding hydrogens is 334 g/mol. The second-order valence-electron chi connectivity index (χ2n) is 5.51. The summed E-state index contributed by atoms with van der Waals surface area (Å²) >= 11 is 3.49. The molecular formula is C15H18BrN3O2. The highest BCUT2D eigenvalue weighted by Crippen LogP contribution is 2.27. The Morgan fingerprint density at radius 2 is 2.24 bits per heavy atom. The van der Waals surface area contributed by atoms with Crippen LogP contribution < -0.4 is 0 Å². The van der Waals surface area contributed by atoms with Crippen LogP contribution in [0.15, 0.2) is 33.2 Å². The second kappa shape index (κ2) is 6.25. The summed E-state index contributed by atoms with van der Waals surface area (Å²) in [6.45, 7) is 4.33. The summed E-state index contributed by atoms with van der Waals surface area (Å²) < 4.78 is 6.69. The first-order valence-electron chi connectivity index (χ1n) is 7.11. The average molecular weight is 352 g/mol. The SMILES string of the molecule is CC(O)C1CCN(Cc2nnc(-c3ccccc3Br)o2)C1. The van der Waals surface area contributed by atoms with E-state index in [0.717, 1.165) is 29.5 Å². The second-order valence-corrected chi connectivity index (χ2v) is 6.36. The first-order valence-corrected chi connectivity index (χ1v) is 7.90. The van der Waals surface area contributed by atoms with Gasteiger partial charge in [-0.25, -0.2) is 0 Å². The lowest BCUT2D eigenvalue weighted by atomic mass is 10.0. The average Bonchev–Trinajstić information content (AvgIpc) is 3.09. The molecule has 0 bridgehead atoms. The number of nitrogens with zero attached hydrogens (tertiary/aromatic N) is 3. The molecule has 0 saturated carbocycles. The number of aliphatic hydroxyl groups excluding tert-OH is 1. The first-order chi connectivity index (χ1) is 10.1. The summed E-state index contributed by atoms with van der Waals surface area (Å²) in [6, 6.07) is 7.79. The van der Waals surface area contributed by atoms with Crippen molar-refractivity contribution in [3.05, 3.63) is 34.6 Å². The molecule has 0 radical (unpaired) electrons. The van der Waals surface area contributed by atoms with Crippen molar-refractivity contribution in [2.24, 2.45) is 5.92 Å². The minimum Gasteiger partial charge on any atom is -0.419 e. The number of halogens is 1. The Bertz CT molecular complexity index is 614. The molecule has 6 heteroatoms. The van der Waals surface area contributed by atoms with Gasteiger partial charge in [-0.2, -0.15) is 0 Å². The quantitative estimate of drug-likeness (QED) is 0.917. The molecule has 3 rings (SSSR count). The van der Waals surface area contributed by atoms with Crippen LogP contribution in [0.2, 0.25) is 0 Å². The molecule has 112 valence electrons. The van der Waals surface area contributed by atoms with Crippen molar-refractivity contribution in [1.82, 2.24) is 15.1 Å². The third kappa shape index (κ3) is 3.33. The Morgan fingerprint density at radius 3 is 2.95 bits per heavy atom. The number of hydrogen-bond acceptors (Lipinski definition) is 5. The Kier molecular flexibility index (Phi) is 4.37. The third-order valence-electron chi connectivity index (χ3n) is 3.92. The van der Waals surface area contributed by atoms with E-state index in [-0.39, 0.29) is 6.10 Å². The summed E-state index contributed by atoms with van der Waals surface area (Å²) in [6.07, 6.45) is 0.761. The van der Waals surface area contributed by atoms with E-state index in [1.165, 1.54) is 0 Å². The van der Waals surface area contributed by atoms with Crippen LogP contribution in [-0.2, 0) is 6.54 Å². The molecule has 1 N–H and O–H groups in total. The van der Waals surface area contributed by atoms with Crippen LogP contribution in [0.25, 0.3) is 11.5 Å². The van der Waals surface area contributed by atoms with Gasteiger partial charge in [0.05, 0.1) is 18.2 Å². The number of aromatic nitrogens is 2. The molecule has 1 fully saturated rings. The zero-order valence-corrected chi connectivity index (χ0v) is 13.5. The molecule has 0 amide bonds. The molecule has 2 atom stereocenters. The van der Waals surface area contributed by atoms with E-state index in [2.05, 4.69) is 31.0 Å². The zero-order chi connectivity index (χ0) is 14.8. The largest absolute Gasteiger partial charge is 0.419 e. The van der Waals surface area contributed by atoms with Gasteiger partial charge in [-0.15, -0.1) is 10.2 Å². The Morgan fingerprint density at radius 1 is 1.43 bits per heavy atom. The molecule has 1 aliphatic heterocycles. The van der Waals surface area contributed by atoms with Crippen molar-refractivity contribution < 1.29 is 9.52 Å². The van der Waals surface area contributed by atoms with Gasteiger partial charge in [0.1, 0.15) is 0 Å². The fraction of sp³-hybridized carbons (Fsp3) is 0.467. The summed E-state index contributed by atoms with van der Waals surface area (Å²) in [7, 11) is 0. The van der Waals surface area contributed by atoms with Crippen molar-refractivity contribution in [2.75, 3.05) is 13.1 Å². The lowest BCUT2D eigenvalue weighted by Gasteiger charge is -2.15. The van der Waals surface area contributed by atoms with Gasteiger partial charge in [-0.1, -0.05) is 12.1 Å². The Labute approximate surface area is 132 Å². The van der Waals surface area contributed by atoms with E-state index in [1.54, 1.807) is 0 Å². The van der Waals surface area contributed by atoms with Gasteiger partial charge in [0, 0.05) is 11.0 Å². The molecule has 0 aliphatic carbocycles. The van der Waals surface area contributed by atoms with Crippen LogP contribution in [0.1, 0.15) is 19.2 Å². The molecule has 5 nitrogen and oxygen atoms in total. The number of likely N-dealkylation sites (tertiary alicyclic amines) is 1. The van der Waals surface area contributed by atoms with Crippen LogP contribution in [0.4, 0.5) is 0 Å². The monoisotopic (exact) mass is 351 g/mol. The molecule has 2 heterocycles. The standard InChI is InChI=1S/C15H18BrN3O2/c1-10(20)11-6-7-19(8-11)9-14-17-18-15(21-14)12-4-2-3-5-13(12)16/h2-5,10-11,20H,6-9H2,1H3. The van der Waals surface area contributed by atoms with Crippen molar-refractivity contribution >= 4 is 15.9 Å². The smallest absolute Gasteiger partial charge is 0.248 e. The topological polar surface area (TPSA) is 62.4 Å². The third-order valence-corrected chi connectivity index (χ3v) is 4.61. The van der Waals surface area contributed by atoms with Crippen LogP contribution in [0.3, 0.4) is 0 Å². The van der Waals surface area contributed by atoms with E-state index >= 15 is 0 Å². The maximum atomic E-state index is 9.64. The van der Waals surface area contributed by atoms with E-state index in [9.17, 15) is 5.11 Å². The molecule has 2 unspecified atom stereocenters. The Hall–Kier alpha value is -1.24. The van der Waals surface area contributed by atoms with E-state index < -0.39 is 0 Å². The predicted octanol–water partition coefficient (Wildman–Crippen LogP) is 2.70. The van der Waals surface area contributed by atoms with Gasteiger partial charge in [0.25, 0.3) is 0 Å². The fourth-order valence-corrected chi connectivity index (χ4v) is 3.11. The van der Waals surface area contributed by atoms with Crippen LogP contribution in [-0.4, -0.2) is 39.4 Å². The van der Waals surface area contributed by atoms with E-state index in [4.69, 9.17) is 4.42 Å². The lowest BCUT2D eigenvalue weighted by molar-refractivity contribution is 0.126. The maximum Gasteiger partial charge on any atom is 0.248 e. The summed E-state index contributed by atoms with van der Waals surface area (Å²) in [5, 5.41) is 17.9. The minimum absolute atomic E-state index is 0.256. The van der Waals surface area contributed by atoms with Gasteiger partial charge in [-0.05, 0) is 53.9 Å². The summed E-state index contributed by atoms with van der Waals surface area (Å²) in [5.74, 6) is 1.49. The molecule has 1 aliphatic rings. The van der Waals surface area contributed by atoms with Gasteiger partial charge in [-0.3, -0.25) is 4.90 Å². The maximum absolute atomic E-state index is 9.64. The van der Waals surface area contributed by atoms with Gasteiger partial charge >= 0.3 is 0 Å². The molecule has 1 aromatic heterocycles. The highest BCUT2D eigenvalue weighted by molar-refractivity contribution is 9.10. The normalized spacial score (nSPS) is 20.8. The zero-order valence-electron chi connectivity index (χ0n) is 11.9. The lowest BCUT2D eigenvalue weighted by Crippen LogP contribution is -2.24. The van der Waals surface area contributed by atoms with Crippen molar-refractivity contribution in [3.63, 3.8) is 0 Å². The number of rotatable bonds is 4. The van der Waals surface area contributed by atoms with Crippen LogP contribution in [0.5, 0.6) is 0 Å². The highest BCUT2D eigenvalue weighted by atomic mass is 79.9. The molecule has 21 heavy (non-hydrogen) atoms. The predicted molar refractivity (Wildman–Crippen MR) is 82.5 cm³/mol. The summed E-state index contributed by atoms with van der Waals surface area (Å²) in [5.41, 5.74) is 0.902. The fourth-order valence-electron chi connectivity index (χ4n) is 2.65. The molecule has 2 aromatic rings. The highest BCUT2D eigenvalue weighted by Gasteiger charge is 2.27. The van der Waals surface area contributed by atoms with Gasteiger partial charge in [0.2, 0.25) is 11.8 Å². The summed E-state index contributed by atoms with van der Waals surface area (Å²) in [4.78, 5) is 2.24. The van der Waals surface area contributed by atoms with Crippen molar-refractivity contribution in [1.29, 1.82) is 0 Å². The molecule has 0 spiro atoms. The van der Waals surface area contributed by atoms with E-state index in [1.807, 2.05) is 31.2 Å². The number of hydrogen-bond donors (Lipinski definition) is 1. The number of aliphatic hydroxyl groups is 1. The first kappa shape index (κ1) is 14.7. The van der Waals surface area contributed by atoms with Crippen molar-refractivity contribution in [2.45, 2.75) is 26.0 Å². The van der Waals surface area contributed by atoms with E-state index in [0.29, 0.717) is 24.2 Å². The molecule has 1 saturated heterocycles. The van der Waals surface area contributed by atoms with Gasteiger partial charge in [0.15, 0.2) is 0 Å². The van der Waals surface area contributed by atoms with Crippen molar-refractivity contribution in [3.8, 4) is 11.5 Å². The molecule has 1 aromatic carbocycles. The van der Waals surface area contributed by atoms with Gasteiger partial charge < -0.3 is 9.52 Å². The minimum atomic E-state index is -0.256. The Balaban J connectivity index is 1.68.